The molecule has 8 nitrogen and oxygen atoms in total. The highest BCUT2D eigenvalue weighted by Crippen LogP contribution is 2.29. The molecule has 0 spiro atoms. The third-order valence-corrected chi connectivity index (χ3v) is 5.65. The SMILES string of the molecule is CCOc1cc(/C=N/NC(=O)COc2ccc(OCc3ccccc3)cc2)ccc1OC(=O)c1ccc(Cl)cc1. The van der Waals surface area contributed by atoms with Crippen molar-refractivity contribution < 1.29 is 28.5 Å². The molecule has 0 aliphatic rings. The number of nitrogens with zero attached hydrogens (tertiary/aromatic N) is 1. The van der Waals surface area contributed by atoms with Crippen LogP contribution in [0.5, 0.6) is 23.0 Å². The van der Waals surface area contributed by atoms with Crippen LogP contribution in [0.3, 0.4) is 0 Å². The first-order chi connectivity index (χ1) is 19.5. The first-order valence-corrected chi connectivity index (χ1v) is 12.8. The molecule has 0 saturated heterocycles. The minimum atomic E-state index is -0.541. The Morgan fingerprint density at radius 1 is 0.825 bits per heavy atom. The van der Waals surface area contributed by atoms with Gasteiger partial charge in [-0.2, -0.15) is 5.10 Å². The number of hydrazone groups is 1. The molecule has 0 fully saturated rings. The van der Waals surface area contributed by atoms with Gasteiger partial charge in [0, 0.05) is 5.02 Å². The molecule has 4 aromatic rings. The molecule has 4 rings (SSSR count). The van der Waals surface area contributed by atoms with Crippen molar-refractivity contribution in [2.75, 3.05) is 13.2 Å². The monoisotopic (exact) mass is 558 g/mol. The van der Waals surface area contributed by atoms with Crippen molar-refractivity contribution in [1.29, 1.82) is 0 Å². The van der Waals surface area contributed by atoms with E-state index in [9.17, 15) is 9.59 Å². The van der Waals surface area contributed by atoms with Gasteiger partial charge in [0.05, 0.1) is 18.4 Å². The molecule has 0 saturated carbocycles. The van der Waals surface area contributed by atoms with Crippen LogP contribution in [0, 0.1) is 0 Å². The molecule has 0 bridgehead atoms. The van der Waals surface area contributed by atoms with Crippen molar-refractivity contribution >= 4 is 29.7 Å². The lowest BCUT2D eigenvalue weighted by Gasteiger charge is -2.11. The van der Waals surface area contributed by atoms with Crippen LogP contribution in [0.4, 0.5) is 0 Å². The Kier molecular flexibility index (Phi) is 10.1. The van der Waals surface area contributed by atoms with E-state index in [0.717, 1.165) is 5.56 Å². The lowest BCUT2D eigenvalue weighted by Crippen LogP contribution is -2.24. The second kappa shape index (κ2) is 14.4. The van der Waals surface area contributed by atoms with E-state index in [4.69, 9.17) is 30.5 Å². The topological polar surface area (TPSA) is 95.5 Å². The molecule has 9 heteroatoms. The number of ether oxygens (including phenoxy) is 4. The van der Waals surface area contributed by atoms with Crippen LogP contribution in [0.2, 0.25) is 5.02 Å². The lowest BCUT2D eigenvalue weighted by molar-refractivity contribution is -0.123. The molecule has 0 heterocycles. The second-order valence-electron chi connectivity index (χ2n) is 8.36. The lowest BCUT2D eigenvalue weighted by atomic mass is 10.2. The van der Waals surface area contributed by atoms with Gasteiger partial charge in [0.2, 0.25) is 0 Å². The number of amides is 1. The summed E-state index contributed by atoms with van der Waals surface area (Å²) in [5.74, 6) is 0.867. The van der Waals surface area contributed by atoms with E-state index in [1.165, 1.54) is 6.21 Å². The zero-order valence-electron chi connectivity index (χ0n) is 21.7. The molecule has 4 aromatic carbocycles. The third kappa shape index (κ3) is 8.61. The number of halogens is 1. The molecule has 1 amide bonds. The van der Waals surface area contributed by atoms with Gasteiger partial charge in [-0.05, 0) is 84.8 Å². The Balaban J connectivity index is 1.25. The van der Waals surface area contributed by atoms with Gasteiger partial charge in [0.15, 0.2) is 18.1 Å². The van der Waals surface area contributed by atoms with Gasteiger partial charge in [0.1, 0.15) is 18.1 Å². The Hall–Kier alpha value is -4.82. The van der Waals surface area contributed by atoms with Crippen LogP contribution in [0.1, 0.15) is 28.4 Å². The van der Waals surface area contributed by atoms with E-state index < -0.39 is 11.9 Å². The molecule has 0 aromatic heterocycles. The second-order valence-corrected chi connectivity index (χ2v) is 8.80. The van der Waals surface area contributed by atoms with Crippen molar-refractivity contribution in [1.82, 2.24) is 5.43 Å². The molecule has 0 aliphatic heterocycles. The van der Waals surface area contributed by atoms with E-state index in [-0.39, 0.29) is 12.4 Å². The van der Waals surface area contributed by atoms with E-state index in [0.29, 0.717) is 46.6 Å². The Labute approximate surface area is 237 Å². The predicted octanol–water partition coefficient (Wildman–Crippen LogP) is 6.07. The van der Waals surface area contributed by atoms with Crippen LogP contribution in [0.15, 0.2) is 102 Å². The van der Waals surface area contributed by atoms with Crippen LogP contribution in [-0.2, 0) is 11.4 Å². The van der Waals surface area contributed by atoms with Gasteiger partial charge in [-0.25, -0.2) is 10.2 Å². The fourth-order valence-corrected chi connectivity index (χ4v) is 3.56. The molecule has 40 heavy (non-hydrogen) atoms. The maximum absolute atomic E-state index is 12.5. The van der Waals surface area contributed by atoms with Crippen molar-refractivity contribution in [3.05, 3.63) is 119 Å². The number of hydrogen-bond donors (Lipinski definition) is 1. The number of esters is 1. The summed E-state index contributed by atoms with van der Waals surface area (Å²) in [5.41, 5.74) is 4.47. The molecule has 0 unspecified atom stereocenters. The largest absolute Gasteiger partial charge is 0.490 e. The van der Waals surface area contributed by atoms with Gasteiger partial charge in [-0.3, -0.25) is 4.79 Å². The van der Waals surface area contributed by atoms with Crippen LogP contribution in [0.25, 0.3) is 0 Å². The molecule has 0 aliphatic carbocycles. The van der Waals surface area contributed by atoms with Crippen LogP contribution in [-0.4, -0.2) is 31.3 Å². The van der Waals surface area contributed by atoms with E-state index in [1.807, 2.05) is 37.3 Å². The number of carbonyl (C=O) groups excluding carboxylic acids is 2. The van der Waals surface area contributed by atoms with Crippen molar-refractivity contribution in [2.24, 2.45) is 5.10 Å². The summed E-state index contributed by atoms with van der Waals surface area (Å²) in [5, 5.41) is 4.49. The molecule has 1 N–H and O–H groups in total. The summed E-state index contributed by atoms with van der Waals surface area (Å²) < 4.78 is 22.4. The normalized spacial score (nSPS) is 10.7. The van der Waals surface area contributed by atoms with Gasteiger partial charge < -0.3 is 18.9 Å². The molecule has 0 atom stereocenters. The number of rotatable bonds is 12. The highest BCUT2D eigenvalue weighted by molar-refractivity contribution is 6.30. The summed E-state index contributed by atoms with van der Waals surface area (Å²) in [6, 6.07) is 28.2. The van der Waals surface area contributed by atoms with Crippen molar-refractivity contribution in [3.63, 3.8) is 0 Å². The van der Waals surface area contributed by atoms with Crippen molar-refractivity contribution in [2.45, 2.75) is 13.5 Å². The number of hydrogen-bond acceptors (Lipinski definition) is 7. The molecular formula is C31H27ClN2O6. The summed E-state index contributed by atoms with van der Waals surface area (Å²) in [4.78, 5) is 24.6. The quantitative estimate of drug-likeness (QED) is 0.0982. The zero-order valence-corrected chi connectivity index (χ0v) is 22.5. The highest BCUT2D eigenvalue weighted by atomic mass is 35.5. The fourth-order valence-electron chi connectivity index (χ4n) is 3.44. The average molecular weight is 559 g/mol. The highest BCUT2D eigenvalue weighted by Gasteiger charge is 2.13. The number of benzene rings is 4. The Bertz CT molecular complexity index is 1440. The van der Waals surface area contributed by atoms with Gasteiger partial charge in [-0.1, -0.05) is 41.9 Å². The number of nitrogens with one attached hydrogen (secondary N) is 1. The predicted molar refractivity (Wildman–Crippen MR) is 152 cm³/mol. The first kappa shape index (κ1) is 28.2. The fraction of sp³-hybridized carbons (Fsp3) is 0.129. The summed E-state index contributed by atoms with van der Waals surface area (Å²) in [7, 11) is 0. The van der Waals surface area contributed by atoms with Crippen LogP contribution >= 0.6 is 11.6 Å². The smallest absolute Gasteiger partial charge is 0.343 e. The molecule has 0 radical (unpaired) electrons. The summed E-state index contributed by atoms with van der Waals surface area (Å²) in [6.45, 7) is 2.42. The maximum Gasteiger partial charge on any atom is 0.343 e. The minimum absolute atomic E-state index is 0.217. The summed E-state index contributed by atoms with van der Waals surface area (Å²) >= 11 is 5.88. The zero-order chi connectivity index (χ0) is 28.2. The minimum Gasteiger partial charge on any atom is -0.490 e. The van der Waals surface area contributed by atoms with Crippen LogP contribution < -0.4 is 24.4 Å². The van der Waals surface area contributed by atoms with Gasteiger partial charge in [0.25, 0.3) is 5.91 Å². The third-order valence-electron chi connectivity index (χ3n) is 5.40. The molecular weight excluding hydrogens is 532 g/mol. The van der Waals surface area contributed by atoms with Gasteiger partial charge >= 0.3 is 5.97 Å². The Morgan fingerprint density at radius 3 is 2.23 bits per heavy atom. The average Bonchev–Trinajstić information content (AvgIpc) is 2.98. The summed E-state index contributed by atoms with van der Waals surface area (Å²) in [6.07, 6.45) is 1.45. The standard InChI is InChI=1S/C31H27ClN2O6/c1-2-37-29-18-23(8-17-28(29)40-31(36)24-9-11-25(32)12-10-24)19-33-34-30(35)21-39-27-15-13-26(14-16-27)38-20-22-6-4-3-5-7-22/h3-19H,2,20-21H2,1H3,(H,34,35)/b33-19+. The Morgan fingerprint density at radius 2 is 1.52 bits per heavy atom. The number of carbonyl (C=O) groups is 2. The van der Waals surface area contributed by atoms with E-state index >= 15 is 0 Å². The van der Waals surface area contributed by atoms with Crippen molar-refractivity contribution in [3.8, 4) is 23.0 Å². The van der Waals surface area contributed by atoms with E-state index in [1.54, 1.807) is 66.7 Å². The maximum atomic E-state index is 12.5. The van der Waals surface area contributed by atoms with Gasteiger partial charge in [-0.15, -0.1) is 0 Å². The van der Waals surface area contributed by atoms with E-state index in [2.05, 4.69) is 10.5 Å². The first-order valence-electron chi connectivity index (χ1n) is 12.5. The molecule has 204 valence electrons.